The number of H-pyrrole nitrogens is 1. The van der Waals surface area contributed by atoms with E-state index in [2.05, 4.69) is 29.2 Å². The third-order valence-electron chi connectivity index (χ3n) is 5.98. The quantitative estimate of drug-likeness (QED) is 0.751. The van der Waals surface area contributed by atoms with Gasteiger partial charge in [-0.05, 0) is 57.1 Å². The van der Waals surface area contributed by atoms with Gasteiger partial charge in [0.25, 0.3) is 5.91 Å². The number of aromatic nitrogens is 3. The monoisotopic (exact) mass is 364 g/mol. The second-order valence-corrected chi connectivity index (χ2v) is 7.83. The first-order valence-corrected chi connectivity index (χ1v) is 9.92. The highest BCUT2D eigenvalue weighted by atomic mass is 16.5. The molecule has 2 aliphatic rings. The van der Waals surface area contributed by atoms with Crippen molar-refractivity contribution in [3.63, 3.8) is 0 Å². The van der Waals surface area contributed by atoms with Crippen molar-refractivity contribution in [2.45, 2.75) is 51.4 Å². The second kappa shape index (κ2) is 6.51. The van der Waals surface area contributed by atoms with E-state index in [1.54, 1.807) is 0 Å². The summed E-state index contributed by atoms with van der Waals surface area (Å²) < 4.78 is 5.47. The predicted molar refractivity (Wildman–Crippen MR) is 102 cm³/mol. The molecule has 1 N–H and O–H groups in total. The lowest BCUT2D eigenvalue weighted by Gasteiger charge is -2.31. The van der Waals surface area contributed by atoms with E-state index in [0.717, 1.165) is 73.2 Å². The Hall–Kier alpha value is -2.63. The molecule has 6 heteroatoms. The van der Waals surface area contributed by atoms with Crippen molar-refractivity contribution in [2.75, 3.05) is 13.1 Å². The van der Waals surface area contributed by atoms with Crippen LogP contribution in [0.5, 0.6) is 0 Å². The SMILES string of the molecule is Cc1cccc2[nH]c([C@@H]3CCCN(C(=O)c4onc5c4CCCC5)C3)nc12. The summed E-state index contributed by atoms with van der Waals surface area (Å²) in [5.41, 5.74) is 5.28. The number of hydrogen-bond donors (Lipinski definition) is 1. The Labute approximate surface area is 157 Å². The molecule has 1 aliphatic carbocycles. The normalized spacial score (nSPS) is 20.0. The maximum absolute atomic E-state index is 13.1. The van der Waals surface area contributed by atoms with Crippen LogP contribution < -0.4 is 0 Å². The van der Waals surface area contributed by atoms with Crippen molar-refractivity contribution >= 4 is 16.9 Å². The zero-order chi connectivity index (χ0) is 18.4. The smallest absolute Gasteiger partial charge is 0.292 e. The molecule has 3 aromatic rings. The summed E-state index contributed by atoms with van der Waals surface area (Å²) >= 11 is 0. The molecule has 1 atom stereocenters. The lowest BCUT2D eigenvalue weighted by atomic mass is 9.94. The molecule has 27 heavy (non-hydrogen) atoms. The van der Waals surface area contributed by atoms with E-state index in [0.29, 0.717) is 12.3 Å². The van der Waals surface area contributed by atoms with Gasteiger partial charge in [-0.3, -0.25) is 4.79 Å². The van der Waals surface area contributed by atoms with E-state index in [-0.39, 0.29) is 11.8 Å². The summed E-state index contributed by atoms with van der Waals surface area (Å²) in [5.74, 6) is 1.66. The Bertz CT molecular complexity index is 1000. The van der Waals surface area contributed by atoms with Crippen LogP contribution in [0.3, 0.4) is 0 Å². The molecule has 0 spiro atoms. The van der Waals surface area contributed by atoms with Gasteiger partial charge in [-0.25, -0.2) is 4.98 Å². The second-order valence-electron chi connectivity index (χ2n) is 7.83. The molecule has 0 saturated carbocycles. The first-order valence-electron chi connectivity index (χ1n) is 9.92. The van der Waals surface area contributed by atoms with Crippen LogP contribution in [0.4, 0.5) is 0 Å². The summed E-state index contributed by atoms with van der Waals surface area (Å²) in [6.07, 6.45) is 6.08. The number of hydrogen-bond acceptors (Lipinski definition) is 4. The van der Waals surface area contributed by atoms with Gasteiger partial charge in [-0.1, -0.05) is 17.3 Å². The lowest BCUT2D eigenvalue weighted by Crippen LogP contribution is -2.39. The molecular formula is C21H24N4O2. The van der Waals surface area contributed by atoms with Gasteiger partial charge in [0.2, 0.25) is 5.76 Å². The minimum atomic E-state index is -0.0114. The van der Waals surface area contributed by atoms with Crippen LogP contribution >= 0.6 is 0 Å². The third kappa shape index (κ3) is 2.83. The van der Waals surface area contributed by atoms with Crippen molar-refractivity contribution in [3.05, 3.63) is 46.6 Å². The number of para-hydroxylation sites is 1. The summed E-state index contributed by atoms with van der Waals surface area (Å²) in [5, 5.41) is 4.15. The fraction of sp³-hybridized carbons (Fsp3) is 0.476. The van der Waals surface area contributed by atoms with Crippen molar-refractivity contribution in [1.29, 1.82) is 0 Å². The number of carbonyl (C=O) groups is 1. The van der Waals surface area contributed by atoms with Crippen LogP contribution in [0, 0.1) is 6.92 Å². The van der Waals surface area contributed by atoms with Crippen molar-refractivity contribution in [1.82, 2.24) is 20.0 Å². The number of aromatic amines is 1. The molecule has 5 rings (SSSR count). The number of nitrogens with zero attached hydrogens (tertiary/aromatic N) is 3. The molecule has 3 heterocycles. The van der Waals surface area contributed by atoms with E-state index in [4.69, 9.17) is 9.51 Å². The van der Waals surface area contributed by atoms with Gasteiger partial charge in [-0.2, -0.15) is 0 Å². The van der Waals surface area contributed by atoms with Crippen LogP contribution in [0.25, 0.3) is 11.0 Å². The van der Waals surface area contributed by atoms with Crippen LogP contribution in [-0.4, -0.2) is 39.0 Å². The molecule has 0 bridgehead atoms. The van der Waals surface area contributed by atoms with Gasteiger partial charge >= 0.3 is 0 Å². The molecule has 2 aromatic heterocycles. The molecule has 0 unspecified atom stereocenters. The fourth-order valence-electron chi connectivity index (χ4n) is 4.48. The molecule has 1 aliphatic heterocycles. The number of nitrogens with one attached hydrogen (secondary N) is 1. The molecule has 6 nitrogen and oxygen atoms in total. The Kier molecular flexibility index (Phi) is 3.99. The molecule has 0 radical (unpaired) electrons. The first-order chi connectivity index (χ1) is 13.2. The van der Waals surface area contributed by atoms with Gasteiger partial charge in [-0.15, -0.1) is 0 Å². The highest BCUT2D eigenvalue weighted by molar-refractivity contribution is 5.93. The van der Waals surface area contributed by atoms with Crippen LogP contribution in [0.1, 0.15) is 64.8 Å². The Morgan fingerprint density at radius 1 is 1.26 bits per heavy atom. The highest BCUT2D eigenvalue weighted by Crippen LogP contribution is 2.30. The molecule has 1 saturated heterocycles. The van der Waals surface area contributed by atoms with E-state index < -0.39 is 0 Å². The largest absolute Gasteiger partial charge is 0.350 e. The van der Waals surface area contributed by atoms with Crippen molar-refractivity contribution < 1.29 is 9.32 Å². The number of fused-ring (bicyclic) bond motifs is 2. The van der Waals surface area contributed by atoms with E-state index in [1.807, 2.05) is 11.0 Å². The topological polar surface area (TPSA) is 75.0 Å². The molecule has 1 amide bonds. The minimum Gasteiger partial charge on any atom is -0.350 e. The van der Waals surface area contributed by atoms with Crippen molar-refractivity contribution in [3.8, 4) is 0 Å². The predicted octanol–water partition coefficient (Wildman–Crippen LogP) is 3.76. The summed E-state index contributed by atoms with van der Waals surface area (Å²) in [6.45, 7) is 3.52. The number of benzene rings is 1. The molecular weight excluding hydrogens is 340 g/mol. The van der Waals surface area contributed by atoms with Gasteiger partial charge in [0.15, 0.2) is 0 Å². The van der Waals surface area contributed by atoms with E-state index >= 15 is 0 Å². The summed E-state index contributed by atoms with van der Waals surface area (Å²) in [7, 11) is 0. The fourth-order valence-corrected chi connectivity index (χ4v) is 4.48. The first kappa shape index (κ1) is 16.5. The van der Waals surface area contributed by atoms with Crippen molar-refractivity contribution in [2.24, 2.45) is 0 Å². The Morgan fingerprint density at radius 3 is 3.04 bits per heavy atom. The zero-order valence-corrected chi connectivity index (χ0v) is 15.6. The maximum Gasteiger partial charge on any atom is 0.292 e. The lowest BCUT2D eigenvalue weighted by molar-refractivity contribution is 0.0661. The Balaban J connectivity index is 1.39. The van der Waals surface area contributed by atoms with E-state index in [9.17, 15) is 4.79 Å². The van der Waals surface area contributed by atoms with Crippen LogP contribution in [-0.2, 0) is 12.8 Å². The molecule has 1 fully saturated rings. The maximum atomic E-state index is 13.1. The van der Waals surface area contributed by atoms with Gasteiger partial charge in [0, 0.05) is 24.6 Å². The van der Waals surface area contributed by atoms with Crippen LogP contribution in [0.15, 0.2) is 22.7 Å². The summed E-state index contributed by atoms with van der Waals surface area (Å²) in [4.78, 5) is 23.3. The Morgan fingerprint density at radius 2 is 2.15 bits per heavy atom. The zero-order valence-electron chi connectivity index (χ0n) is 15.6. The molecule has 140 valence electrons. The average Bonchev–Trinajstić information content (AvgIpc) is 3.33. The van der Waals surface area contributed by atoms with E-state index in [1.165, 1.54) is 5.56 Å². The number of aryl methyl sites for hydroxylation is 2. The van der Waals surface area contributed by atoms with Gasteiger partial charge in [0.05, 0.1) is 16.7 Å². The average molecular weight is 364 g/mol. The minimum absolute atomic E-state index is 0.0114. The van der Waals surface area contributed by atoms with Gasteiger partial charge < -0.3 is 14.4 Å². The number of likely N-dealkylation sites (tertiary alicyclic amines) is 1. The number of imidazole rings is 1. The number of rotatable bonds is 2. The molecule has 1 aromatic carbocycles. The third-order valence-corrected chi connectivity index (χ3v) is 5.98. The standard InChI is InChI=1S/C21H24N4O2/c1-13-6-4-10-17-18(13)23-20(22-17)14-7-5-11-25(12-14)21(26)19-15-8-2-3-9-16(15)24-27-19/h4,6,10,14H,2-3,5,7-9,11-12H2,1H3,(H,22,23)/t14-/m1/s1. The number of carbonyl (C=O) groups excluding carboxylic acids is 1. The van der Waals surface area contributed by atoms with Gasteiger partial charge in [0.1, 0.15) is 5.82 Å². The van der Waals surface area contributed by atoms with Crippen LogP contribution in [0.2, 0.25) is 0 Å². The highest BCUT2D eigenvalue weighted by Gasteiger charge is 2.32. The number of amides is 1. The summed E-state index contributed by atoms with van der Waals surface area (Å²) in [6, 6.07) is 6.19. The number of piperidine rings is 1.